The molecule has 2 N–H and O–H groups in total. The predicted molar refractivity (Wildman–Crippen MR) is 47.9 cm³/mol. The molecule has 3 aliphatic rings. The number of alkyl halides is 2. The zero-order valence-electron chi connectivity index (χ0n) is 7.37. The van der Waals surface area contributed by atoms with Gasteiger partial charge in [0.25, 0.3) is 5.92 Å². The fourth-order valence-corrected chi connectivity index (χ4v) is 2.30. The van der Waals surface area contributed by atoms with Crippen molar-refractivity contribution in [3.05, 3.63) is 0 Å². The number of fused-ring (bicyclic) bond motifs is 3. The molecule has 2 aliphatic heterocycles. The SMILES string of the molecule is Cl.O=C(O)[C@H]1N[C@H]2CC[C@@H]1CC2(F)F. The molecule has 0 spiro atoms. The van der Waals surface area contributed by atoms with E-state index in [1.807, 2.05) is 0 Å². The maximum Gasteiger partial charge on any atom is 0.320 e. The molecule has 0 aromatic heterocycles. The van der Waals surface area contributed by atoms with Gasteiger partial charge in [0.15, 0.2) is 0 Å². The third kappa shape index (κ3) is 1.70. The lowest BCUT2D eigenvalue weighted by Gasteiger charge is -2.46. The number of nitrogens with one attached hydrogen (secondary N) is 1. The predicted octanol–water partition coefficient (Wildman–Crippen LogP) is 1.27. The van der Waals surface area contributed by atoms with E-state index in [2.05, 4.69) is 5.32 Å². The van der Waals surface area contributed by atoms with Gasteiger partial charge in [-0.15, -0.1) is 12.4 Å². The molecule has 2 saturated heterocycles. The average molecular weight is 228 g/mol. The minimum Gasteiger partial charge on any atom is -0.480 e. The van der Waals surface area contributed by atoms with E-state index in [4.69, 9.17) is 5.11 Å². The second kappa shape index (κ2) is 3.62. The Kier molecular flexibility index (Phi) is 3.02. The topological polar surface area (TPSA) is 49.3 Å². The van der Waals surface area contributed by atoms with Crippen LogP contribution in [-0.2, 0) is 4.79 Å². The highest BCUT2D eigenvalue weighted by molar-refractivity contribution is 5.85. The molecule has 3 atom stereocenters. The van der Waals surface area contributed by atoms with Crippen LogP contribution in [0.4, 0.5) is 8.78 Å². The summed E-state index contributed by atoms with van der Waals surface area (Å²) in [5.41, 5.74) is 0. The lowest BCUT2D eigenvalue weighted by Crippen LogP contribution is -2.64. The quantitative estimate of drug-likeness (QED) is 0.709. The van der Waals surface area contributed by atoms with Gasteiger partial charge in [-0.1, -0.05) is 0 Å². The van der Waals surface area contributed by atoms with Gasteiger partial charge in [0.05, 0.1) is 6.04 Å². The molecule has 2 heterocycles. The number of hydrogen-bond acceptors (Lipinski definition) is 2. The summed E-state index contributed by atoms with van der Waals surface area (Å²) >= 11 is 0. The van der Waals surface area contributed by atoms with Crippen LogP contribution in [0.2, 0.25) is 0 Å². The first-order valence-electron chi connectivity index (χ1n) is 4.37. The van der Waals surface area contributed by atoms with Gasteiger partial charge in [-0.25, -0.2) is 8.78 Å². The highest BCUT2D eigenvalue weighted by Crippen LogP contribution is 2.42. The lowest BCUT2D eigenvalue weighted by molar-refractivity contribution is -0.156. The fourth-order valence-electron chi connectivity index (χ4n) is 2.30. The molecular formula is C8H12ClF2NO2. The number of hydrogen-bond donors (Lipinski definition) is 2. The first-order chi connectivity index (χ1) is 6.00. The Morgan fingerprint density at radius 2 is 2.07 bits per heavy atom. The molecule has 6 heteroatoms. The smallest absolute Gasteiger partial charge is 0.320 e. The highest BCUT2D eigenvalue weighted by Gasteiger charge is 2.54. The van der Waals surface area contributed by atoms with Gasteiger partial charge in [0, 0.05) is 6.42 Å². The van der Waals surface area contributed by atoms with Crippen molar-refractivity contribution in [1.29, 1.82) is 0 Å². The van der Waals surface area contributed by atoms with Gasteiger partial charge < -0.3 is 5.11 Å². The molecule has 14 heavy (non-hydrogen) atoms. The van der Waals surface area contributed by atoms with E-state index in [1.165, 1.54) is 0 Å². The Hall–Kier alpha value is -0.420. The van der Waals surface area contributed by atoms with Crippen molar-refractivity contribution in [3.63, 3.8) is 0 Å². The van der Waals surface area contributed by atoms with Crippen LogP contribution in [-0.4, -0.2) is 29.1 Å². The summed E-state index contributed by atoms with van der Waals surface area (Å²) in [5, 5.41) is 11.2. The molecule has 3 nitrogen and oxygen atoms in total. The first-order valence-corrected chi connectivity index (χ1v) is 4.37. The van der Waals surface area contributed by atoms with Crippen molar-refractivity contribution in [3.8, 4) is 0 Å². The average Bonchev–Trinajstić information content (AvgIpc) is 2.02. The fraction of sp³-hybridized carbons (Fsp3) is 0.875. The van der Waals surface area contributed by atoms with Gasteiger partial charge in [0.1, 0.15) is 6.04 Å². The van der Waals surface area contributed by atoms with Gasteiger partial charge in [-0.05, 0) is 18.8 Å². The summed E-state index contributed by atoms with van der Waals surface area (Å²) < 4.78 is 26.2. The van der Waals surface area contributed by atoms with Gasteiger partial charge >= 0.3 is 5.97 Å². The molecule has 0 radical (unpaired) electrons. The van der Waals surface area contributed by atoms with Crippen LogP contribution in [0.5, 0.6) is 0 Å². The number of carboxylic acid groups (broad SMARTS) is 1. The summed E-state index contributed by atoms with van der Waals surface area (Å²) in [5.74, 6) is -4.13. The Balaban J connectivity index is 0.000000980. The van der Waals surface area contributed by atoms with E-state index >= 15 is 0 Å². The standard InChI is InChI=1S/C8H11F2NO2.ClH/c9-8(10)3-4-1-2-5(8)11-6(4)7(12)13;/h4-6,11H,1-3H2,(H,12,13);1H/t4-,5+,6+;/m1./s1. The Morgan fingerprint density at radius 1 is 1.43 bits per heavy atom. The van der Waals surface area contributed by atoms with Crippen molar-refractivity contribution in [2.45, 2.75) is 37.3 Å². The van der Waals surface area contributed by atoms with E-state index in [9.17, 15) is 13.6 Å². The molecule has 3 rings (SSSR count). The van der Waals surface area contributed by atoms with Gasteiger partial charge in [-0.2, -0.15) is 0 Å². The third-order valence-corrected chi connectivity index (χ3v) is 2.99. The largest absolute Gasteiger partial charge is 0.480 e. The Labute approximate surface area is 86.3 Å². The monoisotopic (exact) mass is 227 g/mol. The van der Waals surface area contributed by atoms with Crippen molar-refractivity contribution >= 4 is 18.4 Å². The molecule has 3 fully saturated rings. The van der Waals surface area contributed by atoms with Crippen LogP contribution in [0.1, 0.15) is 19.3 Å². The van der Waals surface area contributed by atoms with Crippen LogP contribution in [0, 0.1) is 5.92 Å². The van der Waals surface area contributed by atoms with Crippen LogP contribution in [0.3, 0.4) is 0 Å². The first kappa shape index (κ1) is 11.7. The summed E-state index contributed by atoms with van der Waals surface area (Å²) in [6.07, 6.45) is 0.716. The van der Waals surface area contributed by atoms with Crippen molar-refractivity contribution in [1.82, 2.24) is 5.32 Å². The molecule has 0 aromatic carbocycles. The maximum atomic E-state index is 13.1. The summed E-state index contributed by atoms with van der Waals surface area (Å²) in [6, 6.07) is -1.70. The molecule has 1 saturated carbocycles. The van der Waals surface area contributed by atoms with Crippen LogP contribution in [0.15, 0.2) is 0 Å². The number of piperidine rings is 2. The number of halogens is 3. The highest BCUT2D eigenvalue weighted by atomic mass is 35.5. The molecule has 0 unspecified atom stereocenters. The van der Waals surface area contributed by atoms with Gasteiger partial charge in [0.2, 0.25) is 0 Å². The molecule has 1 aliphatic carbocycles. The van der Waals surface area contributed by atoms with E-state index in [1.54, 1.807) is 0 Å². The Morgan fingerprint density at radius 3 is 2.43 bits per heavy atom. The summed E-state index contributed by atoms with van der Waals surface area (Å²) in [7, 11) is 0. The number of aliphatic carboxylic acids is 1. The van der Waals surface area contributed by atoms with Crippen LogP contribution < -0.4 is 5.32 Å². The van der Waals surface area contributed by atoms with E-state index in [0.717, 1.165) is 0 Å². The van der Waals surface area contributed by atoms with Crippen molar-refractivity contribution < 1.29 is 18.7 Å². The van der Waals surface area contributed by atoms with E-state index in [-0.39, 0.29) is 18.8 Å². The van der Waals surface area contributed by atoms with Gasteiger partial charge in [-0.3, -0.25) is 10.1 Å². The van der Waals surface area contributed by atoms with E-state index < -0.39 is 29.9 Å². The van der Waals surface area contributed by atoms with E-state index in [0.29, 0.717) is 12.8 Å². The van der Waals surface area contributed by atoms with Crippen molar-refractivity contribution in [2.24, 2.45) is 5.92 Å². The zero-order chi connectivity index (χ0) is 9.64. The minimum atomic E-state index is -2.71. The van der Waals surface area contributed by atoms with Crippen molar-refractivity contribution in [2.75, 3.05) is 0 Å². The molecule has 2 bridgehead atoms. The lowest BCUT2D eigenvalue weighted by atomic mass is 9.74. The maximum absolute atomic E-state index is 13.1. The summed E-state index contributed by atoms with van der Waals surface area (Å²) in [4.78, 5) is 10.6. The summed E-state index contributed by atoms with van der Waals surface area (Å²) in [6.45, 7) is 0. The Bertz CT molecular complexity index is 249. The number of rotatable bonds is 1. The normalized spacial score (nSPS) is 38.9. The van der Waals surface area contributed by atoms with Crippen LogP contribution >= 0.6 is 12.4 Å². The zero-order valence-corrected chi connectivity index (χ0v) is 8.19. The second-order valence-electron chi connectivity index (χ2n) is 3.84. The third-order valence-electron chi connectivity index (χ3n) is 2.99. The molecule has 0 aromatic rings. The second-order valence-corrected chi connectivity index (χ2v) is 3.84. The molecule has 0 amide bonds. The number of carbonyl (C=O) groups is 1. The molecule has 82 valence electrons. The minimum absolute atomic E-state index is 0. The van der Waals surface area contributed by atoms with Crippen LogP contribution in [0.25, 0.3) is 0 Å². The number of carboxylic acids is 1. The molecular weight excluding hydrogens is 216 g/mol.